The van der Waals surface area contributed by atoms with E-state index >= 15 is 0 Å². The van der Waals surface area contributed by atoms with Gasteiger partial charge >= 0.3 is 6.18 Å². The Balaban J connectivity index is 4.04. The minimum Gasteiger partial charge on any atom is -0.309 e. The van der Waals surface area contributed by atoms with E-state index in [4.69, 9.17) is 5.41 Å². The number of nitrogens with one attached hydrogen (secondary N) is 1. The molecule has 0 aliphatic heterocycles. The van der Waals surface area contributed by atoms with Crippen molar-refractivity contribution in [2.45, 2.75) is 20.0 Å². The largest absolute Gasteiger partial charge is 0.396 e. The van der Waals surface area contributed by atoms with Crippen LogP contribution in [-0.4, -0.2) is 11.9 Å². The SMILES string of the molecule is CC(=N)C(C)C(F)(F)F. The van der Waals surface area contributed by atoms with E-state index in [1.807, 2.05) is 0 Å². The number of alkyl halides is 3. The standard InChI is InChI=1S/C5H8F3N/c1-3(4(2)9)5(6,7)8/h3,9H,1-2H3. The lowest BCUT2D eigenvalue weighted by molar-refractivity contribution is -0.151. The summed E-state index contributed by atoms with van der Waals surface area (Å²) in [6.07, 6.45) is -4.24. The van der Waals surface area contributed by atoms with E-state index in [-0.39, 0.29) is 5.71 Å². The third kappa shape index (κ3) is 2.49. The van der Waals surface area contributed by atoms with Crippen LogP contribution in [0.15, 0.2) is 0 Å². The summed E-state index contributed by atoms with van der Waals surface area (Å²) in [5.41, 5.74) is -0.345. The van der Waals surface area contributed by atoms with Crippen LogP contribution in [0, 0.1) is 11.3 Å². The summed E-state index contributed by atoms with van der Waals surface area (Å²) in [4.78, 5) is 0. The summed E-state index contributed by atoms with van der Waals surface area (Å²) in [7, 11) is 0. The lowest BCUT2D eigenvalue weighted by Crippen LogP contribution is -2.25. The number of rotatable bonds is 1. The summed E-state index contributed by atoms with van der Waals surface area (Å²) in [6, 6.07) is 0. The van der Waals surface area contributed by atoms with Gasteiger partial charge in [0.25, 0.3) is 0 Å². The number of hydrogen-bond donors (Lipinski definition) is 1. The maximum Gasteiger partial charge on any atom is 0.396 e. The topological polar surface area (TPSA) is 23.9 Å². The first kappa shape index (κ1) is 8.46. The molecule has 0 heterocycles. The molecule has 0 aliphatic rings. The lowest BCUT2D eigenvalue weighted by Gasteiger charge is -2.12. The molecule has 0 aromatic carbocycles. The van der Waals surface area contributed by atoms with Gasteiger partial charge in [0.2, 0.25) is 0 Å². The molecule has 0 saturated carbocycles. The highest BCUT2D eigenvalue weighted by Crippen LogP contribution is 2.25. The van der Waals surface area contributed by atoms with Crippen molar-refractivity contribution in [3.63, 3.8) is 0 Å². The molecule has 1 nitrogen and oxygen atoms in total. The molecular weight excluding hydrogens is 131 g/mol. The van der Waals surface area contributed by atoms with Gasteiger partial charge in [0.15, 0.2) is 0 Å². The van der Waals surface area contributed by atoms with Crippen molar-refractivity contribution in [2.75, 3.05) is 0 Å². The van der Waals surface area contributed by atoms with Gasteiger partial charge in [-0.15, -0.1) is 0 Å². The molecule has 0 bridgehead atoms. The van der Waals surface area contributed by atoms with Crippen LogP contribution in [0.1, 0.15) is 13.8 Å². The van der Waals surface area contributed by atoms with Crippen LogP contribution in [0.4, 0.5) is 13.2 Å². The molecule has 0 aliphatic carbocycles. The van der Waals surface area contributed by atoms with Crippen molar-refractivity contribution in [2.24, 2.45) is 5.92 Å². The molecule has 1 N–H and O–H groups in total. The molecule has 0 aromatic heterocycles. The molecule has 0 spiro atoms. The average Bonchev–Trinajstić information content (AvgIpc) is 1.62. The first-order valence-electron chi connectivity index (χ1n) is 2.47. The summed E-state index contributed by atoms with van der Waals surface area (Å²) in [5, 5.41) is 6.64. The third-order valence-electron chi connectivity index (χ3n) is 1.14. The van der Waals surface area contributed by atoms with Gasteiger partial charge in [0.05, 0.1) is 5.92 Å². The Morgan fingerprint density at radius 1 is 1.44 bits per heavy atom. The molecule has 0 rings (SSSR count). The zero-order valence-electron chi connectivity index (χ0n) is 5.21. The van der Waals surface area contributed by atoms with Crippen LogP contribution in [-0.2, 0) is 0 Å². The van der Waals surface area contributed by atoms with E-state index in [1.54, 1.807) is 0 Å². The van der Waals surface area contributed by atoms with E-state index in [0.29, 0.717) is 0 Å². The highest BCUT2D eigenvalue weighted by atomic mass is 19.4. The smallest absolute Gasteiger partial charge is 0.309 e. The molecule has 54 valence electrons. The molecule has 0 fully saturated rings. The van der Waals surface area contributed by atoms with Gasteiger partial charge in [-0.05, 0) is 13.8 Å². The second-order valence-electron chi connectivity index (χ2n) is 1.95. The van der Waals surface area contributed by atoms with Crippen molar-refractivity contribution in [1.82, 2.24) is 0 Å². The predicted molar refractivity (Wildman–Crippen MR) is 28.6 cm³/mol. The minimum atomic E-state index is -4.24. The van der Waals surface area contributed by atoms with Crippen LogP contribution < -0.4 is 0 Å². The lowest BCUT2D eigenvalue weighted by atomic mass is 10.1. The fourth-order valence-electron chi connectivity index (χ4n) is 0.245. The molecule has 1 unspecified atom stereocenters. The van der Waals surface area contributed by atoms with Crippen LogP contribution >= 0.6 is 0 Å². The molecule has 1 atom stereocenters. The second-order valence-corrected chi connectivity index (χ2v) is 1.95. The number of hydrogen-bond acceptors (Lipinski definition) is 1. The molecule has 0 aromatic rings. The van der Waals surface area contributed by atoms with Gasteiger partial charge < -0.3 is 5.41 Å². The molecule has 9 heavy (non-hydrogen) atoms. The summed E-state index contributed by atoms with van der Waals surface area (Å²) < 4.78 is 34.7. The fourth-order valence-corrected chi connectivity index (χ4v) is 0.245. The van der Waals surface area contributed by atoms with Crippen molar-refractivity contribution >= 4 is 5.71 Å². The quantitative estimate of drug-likeness (QED) is 0.538. The highest BCUT2D eigenvalue weighted by molar-refractivity contribution is 5.81. The summed E-state index contributed by atoms with van der Waals surface area (Å²) >= 11 is 0. The predicted octanol–water partition coefficient (Wildman–Crippen LogP) is 2.22. The molecular formula is C5H8F3N. The van der Waals surface area contributed by atoms with Crippen LogP contribution in [0.5, 0.6) is 0 Å². The van der Waals surface area contributed by atoms with Gasteiger partial charge in [-0.1, -0.05) is 0 Å². The normalized spacial score (nSPS) is 15.2. The van der Waals surface area contributed by atoms with E-state index in [9.17, 15) is 13.2 Å². The van der Waals surface area contributed by atoms with Crippen LogP contribution in [0.2, 0.25) is 0 Å². The summed E-state index contributed by atoms with van der Waals surface area (Å²) in [6.45, 7) is 2.13. The Hall–Kier alpha value is -0.540. The van der Waals surface area contributed by atoms with Crippen molar-refractivity contribution in [3.8, 4) is 0 Å². The molecule has 4 heteroatoms. The van der Waals surface area contributed by atoms with Gasteiger partial charge in [0.1, 0.15) is 0 Å². The van der Waals surface area contributed by atoms with Gasteiger partial charge in [-0.3, -0.25) is 0 Å². The first-order chi connectivity index (χ1) is 3.85. The highest BCUT2D eigenvalue weighted by Gasteiger charge is 2.36. The second kappa shape index (κ2) is 2.37. The van der Waals surface area contributed by atoms with Crippen LogP contribution in [0.3, 0.4) is 0 Å². The maximum absolute atomic E-state index is 11.6. The maximum atomic E-state index is 11.6. The molecule has 0 radical (unpaired) electrons. The Morgan fingerprint density at radius 2 is 1.78 bits per heavy atom. The number of halogens is 3. The summed E-state index contributed by atoms with van der Waals surface area (Å²) in [5.74, 6) is -1.60. The molecule has 0 amide bonds. The average molecular weight is 139 g/mol. The van der Waals surface area contributed by atoms with E-state index in [0.717, 1.165) is 13.8 Å². The third-order valence-corrected chi connectivity index (χ3v) is 1.14. The Bertz CT molecular complexity index is 116. The van der Waals surface area contributed by atoms with Gasteiger partial charge in [-0.25, -0.2) is 0 Å². The van der Waals surface area contributed by atoms with E-state index in [2.05, 4.69) is 0 Å². The zero-order chi connectivity index (χ0) is 7.65. The van der Waals surface area contributed by atoms with Gasteiger partial charge in [0, 0.05) is 5.71 Å². The Kier molecular flexibility index (Phi) is 2.23. The minimum absolute atomic E-state index is 0.345. The fraction of sp³-hybridized carbons (Fsp3) is 0.800. The first-order valence-corrected chi connectivity index (χ1v) is 2.47. The van der Waals surface area contributed by atoms with Gasteiger partial charge in [-0.2, -0.15) is 13.2 Å². The van der Waals surface area contributed by atoms with Crippen molar-refractivity contribution in [1.29, 1.82) is 5.41 Å². The zero-order valence-corrected chi connectivity index (χ0v) is 5.21. The van der Waals surface area contributed by atoms with Crippen molar-refractivity contribution in [3.05, 3.63) is 0 Å². The monoisotopic (exact) mass is 139 g/mol. The molecule has 0 saturated heterocycles. The Labute approximate surface area is 51.4 Å². The van der Waals surface area contributed by atoms with Crippen molar-refractivity contribution < 1.29 is 13.2 Å². The Morgan fingerprint density at radius 3 is 1.78 bits per heavy atom. The van der Waals surface area contributed by atoms with Crippen LogP contribution in [0.25, 0.3) is 0 Å². The van der Waals surface area contributed by atoms with E-state index in [1.165, 1.54) is 0 Å². The van der Waals surface area contributed by atoms with E-state index < -0.39 is 12.1 Å².